The topological polar surface area (TPSA) is 0 Å². The van der Waals surface area contributed by atoms with Crippen LogP contribution in [0, 0.1) is 17.3 Å². The van der Waals surface area contributed by atoms with Crippen LogP contribution in [0.5, 0.6) is 0 Å². The molecule has 2 fully saturated rings. The third-order valence-corrected chi connectivity index (χ3v) is 3.64. The molecule has 1 atom stereocenters. The van der Waals surface area contributed by atoms with E-state index in [1.807, 2.05) is 0 Å². The van der Waals surface area contributed by atoms with Crippen LogP contribution in [0.3, 0.4) is 0 Å². The molecule has 0 radical (unpaired) electrons. The summed E-state index contributed by atoms with van der Waals surface area (Å²) in [6, 6.07) is 0. The molecular formula is C10H18. The van der Waals surface area contributed by atoms with Crippen LogP contribution in [0.4, 0.5) is 0 Å². The van der Waals surface area contributed by atoms with Gasteiger partial charge in [-0.05, 0) is 49.4 Å². The molecule has 0 aromatic rings. The van der Waals surface area contributed by atoms with Crippen LogP contribution in [-0.4, -0.2) is 0 Å². The molecule has 0 amide bonds. The van der Waals surface area contributed by atoms with E-state index in [1.165, 1.54) is 6.42 Å². The Morgan fingerprint density at radius 3 is 2.20 bits per heavy atom. The molecule has 0 bridgehead atoms. The van der Waals surface area contributed by atoms with Gasteiger partial charge in [0, 0.05) is 0 Å². The summed E-state index contributed by atoms with van der Waals surface area (Å²) in [5.41, 5.74) is 0.898. The SMILES string of the molecule is CC(C)C1CCC2(CC2)C1. The fourth-order valence-electron chi connectivity index (χ4n) is 2.45. The standard InChI is InChI=1S/C10H18/c1-8(2)9-3-4-10(7-9)5-6-10/h8-9H,3-7H2,1-2H3. The quantitative estimate of drug-likeness (QED) is 0.522. The summed E-state index contributed by atoms with van der Waals surface area (Å²) < 4.78 is 0. The maximum atomic E-state index is 2.38. The van der Waals surface area contributed by atoms with E-state index < -0.39 is 0 Å². The van der Waals surface area contributed by atoms with E-state index in [-0.39, 0.29) is 0 Å². The Morgan fingerprint density at radius 1 is 1.20 bits per heavy atom. The van der Waals surface area contributed by atoms with Gasteiger partial charge in [0.1, 0.15) is 0 Å². The van der Waals surface area contributed by atoms with Crippen molar-refractivity contribution < 1.29 is 0 Å². The molecule has 0 aliphatic heterocycles. The zero-order valence-corrected chi connectivity index (χ0v) is 7.19. The molecule has 58 valence electrons. The van der Waals surface area contributed by atoms with Crippen molar-refractivity contribution >= 4 is 0 Å². The molecule has 2 aliphatic carbocycles. The van der Waals surface area contributed by atoms with E-state index in [9.17, 15) is 0 Å². The second kappa shape index (κ2) is 1.99. The fourth-order valence-corrected chi connectivity index (χ4v) is 2.45. The zero-order chi connectivity index (χ0) is 7.19. The van der Waals surface area contributed by atoms with Crippen LogP contribution in [0.1, 0.15) is 46.0 Å². The van der Waals surface area contributed by atoms with Crippen LogP contribution < -0.4 is 0 Å². The van der Waals surface area contributed by atoms with Gasteiger partial charge in [-0.25, -0.2) is 0 Å². The Kier molecular flexibility index (Phi) is 1.33. The van der Waals surface area contributed by atoms with Gasteiger partial charge in [-0.1, -0.05) is 13.8 Å². The minimum absolute atomic E-state index is 0.898. The second-order valence-electron chi connectivity index (χ2n) is 4.75. The van der Waals surface area contributed by atoms with Crippen molar-refractivity contribution in [3.63, 3.8) is 0 Å². The first-order valence-corrected chi connectivity index (χ1v) is 4.72. The highest BCUT2D eigenvalue weighted by Crippen LogP contribution is 2.60. The third-order valence-electron chi connectivity index (χ3n) is 3.64. The van der Waals surface area contributed by atoms with Crippen molar-refractivity contribution in [2.24, 2.45) is 17.3 Å². The molecule has 0 aromatic carbocycles. The highest BCUT2D eigenvalue weighted by molar-refractivity contribution is 4.99. The Bertz CT molecular complexity index is 131. The van der Waals surface area contributed by atoms with Crippen molar-refractivity contribution in [3.05, 3.63) is 0 Å². The normalized spacial score (nSPS) is 35.7. The Morgan fingerprint density at radius 2 is 1.90 bits per heavy atom. The van der Waals surface area contributed by atoms with E-state index in [0.717, 1.165) is 17.3 Å². The first kappa shape index (κ1) is 6.69. The van der Waals surface area contributed by atoms with Crippen molar-refractivity contribution in [1.82, 2.24) is 0 Å². The second-order valence-corrected chi connectivity index (χ2v) is 4.75. The molecule has 0 saturated heterocycles. The van der Waals surface area contributed by atoms with Gasteiger partial charge in [-0.15, -0.1) is 0 Å². The lowest BCUT2D eigenvalue weighted by atomic mass is 9.93. The third kappa shape index (κ3) is 0.980. The maximum Gasteiger partial charge on any atom is -0.0294 e. The van der Waals surface area contributed by atoms with E-state index in [0.29, 0.717) is 0 Å². The van der Waals surface area contributed by atoms with Gasteiger partial charge in [0.2, 0.25) is 0 Å². The van der Waals surface area contributed by atoms with Crippen LogP contribution >= 0.6 is 0 Å². The summed E-state index contributed by atoms with van der Waals surface area (Å²) in [7, 11) is 0. The molecule has 1 unspecified atom stereocenters. The van der Waals surface area contributed by atoms with Gasteiger partial charge < -0.3 is 0 Å². The molecule has 2 aliphatic rings. The monoisotopic (exact) mass is 138 g/mol. The number of rotatable bonds is 1. The summed E-state index contributed by atoms with van der Waals surface area (Å²) in [6.45, 7) is 4.76. The van der Waals surface area contributed by atoms with Gasteiger partial charge in [0.05, 0.1) is 0 Å². The van der Waals surface area contributed by atoms with E-state index >= 15 is 0 Å². The largest absolute Gasteiger partial charge is 0.0625 e. The molecule has 1 spiro atoms. The van der Waals surface area contributed by atoms with Gasteiger partial charge in [-0.3, -0.25) is 0 Å². The van der Waals surface area contributed by atoms with Crippen molar-refractivity contribution in [2.45, 2.75) is 46.0 Å². The first-order chi connectivity index (χ1) is 4.72. The average Bonchev–Trinajstić information content (AvgIpc) is 2.41. The lowest BCUT2D eigenvalue weighted by Crippen LogP contribution is -2.03. The van der Waals surface area contributed by atoms with Crippen molar-refractivity contribution in [2.75, 3.05) is 0 Å². The summed E-state index contributed by atoms with van der Waals surface area (Å²) in [5, 5.41) is 0. The summed E-state index contributed by atoms with van der Waals surface area (Å²) >= 11 is 0. The molecule has 0 nitrogen and oxygen atoms in total. The molecule has 0 heterocycles. The van der Waals surface area contributed by atoms with Crippen LogP contribution in [0.2, 0.25) is 0 Å². The van der Waals surface area contributed by atoms with Gasteiger partial charge in [-0.2, -0.15) is 0 Å². The van der Waals surface area contributed by atoms with Gasteiger partial charge >= 0.3 is 0 Å². The molecule has 2 rings (SSSR count). The minimum Gasteiger partial charge on any atom is -0.0625 e. The molecular weight excluding hydrogens is 120 g/mol. The van der Waals surface area contributed by atoms with Crippen molar-refractivity contribution in [1.29, 1.82) is 0 Å². The van der Waals surface area contributed by atoms with Gasteiger partial charge in [0.25, 0.3) is 0 Å². The lowest BCUT2D eigenvalue weighted by Gasteiger charge is -2.13. The Labute approximate surface area is 64.0 Å². The minimum atomic E-state index is 0.898. The van der Waals surface area contributed by atoms with E-state index in [2.05, 4.69) is 13.8 Å². The van der Waals surface area contributed by atoms with E-state index in [4.69, 9.17) is 0 Å². The number of hydrogen-bond donors (Lipinski definition) is 0. The first-order valence-electron chi connectivity index (χ1n) is 4.72. The molecule has 2 saturated carbocycles. The molecule has 0 aromatic heterocycles. The van der Waals surface area contributed by atoms with Crippen molar-refractivity contribution in [3.8, 4) is 0 Å². The maximum absolute atomic E-state index is 2.38. The van der Waals surface area contributed by atoms with Crippen LogP contribution in [-0.2, 0) is 0 Å². The molecule has 10 heavy (non-hydrogen) atoms. The summed E-state index contributed by atoms with van der Waals surface area (Å²) in [6.07, 6.45) is 7.74. The zero-order valence-electron chi connectivity index (χ0n) is 7.19. The summed E-state index contributed by atoms with van der Waals surface area (Å²) in [5.74, 6) is 2.02. The van der Waals surface area contributed by atoms with Gasteiger partial charge in [0.15, 0.2) is 0 Å². The van der Waals surface area contributed by atoms with E-state index in [1.54, 1.807) is 25.7 Å². The predicted octanol–water partition coefficient (Wildman–Crippen LogP) is 3.22. The Hall–Kier alpha value is 0. The molecule has 0 N–H and O–H groups in total. The highest BCUT2D eigenvalue weighted by Gasteiger charge is 2.48. The smallest absolute Gasteiger partial charge is 0.0294 e. The summed E-state index contributed by atoms with van der Waals surface area (Å²) in [4.78, 5) is 0. The highest BCUT2D eigenvalue weighted by atomic mass is 14.5. The predicted molar refractivity (Wildman–Crippen MR) is 43.8 cm³/mol. The molecule has 0 heteroatoms. The van der Waals surface area contributed by atoms with Crippen LogP contribution in [0.25, 0.3) is 0 Å². The van der Waals surface area contributed by atoms with Crippen LogP contribution in [0.15, 0.2) is 0 Å². The Balaban J connectivity index is 1.93. The lowest BCUT2D eigenvalue weighted by molar-refractivity contribution is 0.373. The average molecular weight is 138 g/mol. The number of hydrogen-bond acceptors (Lipinski definition) is 0. The fraction of sp³-hybridized carbons (Fsp3) is 1.00.